The molecule has 0 saturated carbocycles. The van der Waals surface area contributed by atoms with Crippen LogP contribution in [0, 0.1) is 0 Å². The summed E-state index contributed by atoms with van der Waals surface area (Å²) in [6, 6.07) is 2.83. The van der Waals surface area contributed by atoms with Crippen molar-refractivity contribution < 1.29 is 13.2 Å². The van der Waals surface area contributed by atoms with Gasteiger partial charge in [0, 0.05) is 23.5 Å². The largest absolute Gasteiger partial charge is 0.443 e. The van der Waals surface area contributed by atoms with E-state index in [0.717, 1.165) is 5.56 Å². The number of alkyl halides is 3. The van der Waals surface area contributed by atoms with Crippen LogP contribution >= 0.6 is 11.3 Å². The van der Waals surface area contributed by atoms with Crippen LogP contribution in [0.3, 0.4) is 0 Å². The lowest BCUT2D eigenvalue weighted by atomic mass is 10.1. The zero-order valence-electron chi connectivity index (χ0n) is 8.98. The van der Waals surface area contributed by atoms with Crippen LogP contribution in [0.25, 0.3) is 0 Å². The van der Waals surface area contributed by atoms with Gasteiger partial charge in [-0.3, -0.25) is 10.8 Å². The van der Waals surface area contributed by atoms with Gasteiger partial charge in [0.25, 0.3) is 0 Å². The molecule has 0 saturated heterocycles. The highest BCUT2D eigenvalue weighted by molar-refractivity contribution is 7.11. The van der Waals surface area contributed by atoms with Crippen molar-refractivity contribution in [2.45, 2.75) is 12.2 Å². The van der Waals surface area contributed by atoms with Crippen LogP contribution in [-0.4, -0.2) is 9.97 Å². The third-order valence-electron chi connectivity index (χ3n) is 2.26. The van der Waals surface area contributed by atoms with Gasteiger partial charge >= 0.3 is 6.18 Å². The number of halogens is 3. The molecule has 0 aliphatic carbocycles. The number of hydrazine groups is 1. The van der Waals surface area contributed by atoms with Gasteiger partial charge in [0.15, 0.2) is 5.01 Å². The predicted molar refractivity (Wildman–Crippen MR) is 60.5 cm³/mol. The smallest absolute Gasteiger partial charge is 0.271 e. The zero-order valence-corrected chi connectivity index (χ0v) is 9.79. The lowest BCUT2D eigenvalue weighted by Gasteiger charge is -2.13. The molecule has 0 aliphatic rings. The number of hydrogen-bond donors (Lipinski definition) is 2. The summed E-state index contributed by atoms with van der Waals surface area (Å²) in [5.74, 6) is 5.38. The molecule has 2 aromatic heterocycles. The van der Waals surface area contributed by atoms with E-state index in [-0.39, 0.29) is 0 Å². The van der Waals surface area contributed by atoms with Crippen molar-refractivity contribution in [1.29, 1.82) is 0 Å². The summed E-state index contributed by atoms with van der Waals surface area (Å²) in [4.78, 5) is 7.60. The summed E-state index contributed by atoms with van der Waals surface area (Å²) in [6.07, 6.45) is -0.157. The first-order valence-corrected chi connectivity index (χ1v) is 5.73. The third-order valence-corrected chi connectivity index (χ3v) is 3.36. The first kappa shape index (κ1) is 12.9. The number of thiazole rings is 1. The first-order chi connectivity index (χ1) is 8.52. The molecule has 0 amide bonds. The topological polar surface area (TPSA) is 63.8 Å². The summed E-state index contributed by atoms with van der Waals surface area (Å²) < 4.78 is 37.4. The van der Waals surface area contributed by atoms with E-state index in [9.17, 15) is 13.2 Å². The van der Waals surface area contributed by atoms with Crippen LogP contribution in [0.4, 0.5) is 13.2 Å². The average molecular weight is 274 g/mol. The molecule has 3 N–H and O–H groups in total. The fraction of sp³-hybridized carbons (Fsp3) is 0.200. The first-order valence-electron chi connectivity index (χ1n) is 4.91. The molecule has 0 radical (unpaired) electrons. The highest BCUT2D eigenvalue weighted by Gasteiger charge is 2.35. The highest BCUT2D eigenvalue weighted by atomic mass is 32.1. The Kier molecular flexibility index (Phi) is 3.60. The van der Waals surface area contributed by atoms with Crippen molar-refractivity contribution >= 4 is 11.3 Å². The van der Waals surface area contributed by atoms with Gasteiger partial charge < -0.3 is 0 Å². The molecule has 2 aromatic rings. The summed E-state index contributed by atoms with van der Waals surface area (Å²) in [6.45, 7) is 0. The molecule has 0 aliphatic heterocycles. The molecule has 0 aromatic carbocycles. The van der Waals surface area contributed by atoms with Crippen molar-refractivity contribution in [3.05, 3.63) is 46.2 Å². The number of pyridine rings is 1. The number of nitrogens with two attached hydrogens (primary N) is 1. The van der Waals surface area contributed by atoms with E-state index in [0.29, 0.717) is 16.2 Å². The minimum Gasteiger partial charge on any atom is -0.271 e. The van der Waals surface area contributed by atoms with Gasteiger partial charge in [-0.15, -0.1) is 11.3 Å². The Morgan fingerprint density at radius 3 is 2.44 bits per heavy atom. The van der Waals surface area contributed by atoms with Gasteiger partial charge in [-0.2, -0.15) is 13.2 Å². The Morgan fingerprint density at radius 2 is 1.94 bits per heavy atom. The number of rotatable bonds is 3. The van der Waals surface area contributed by atoms with Crippen LogP contribution in [0.1, 0.15) is 21.5 Å². The molecule has 96 valence electrons. The van der Waals surface area contributed by atoms with Crippen LogP contribution in [0.2, 0.25) is 0 Å². The van der Waals surface area contributed by atoms with E-state index in [4.69, 9.17) is 5.84 Å². The average Bonchev–Trinajstić information content (AvgIpc) is 2.81. The number of nitrogens with zero attached hydrogens (tertiary/aromatic N) is 2. The zero-order chi connectivity index (χ0) is 13.2. The second kappa shape index (κ2) is 5.01. The van der Waals surface area contributed by atoms with Crippen molar-refractivity contribution in [1.82, 2.24) is 15.4 Å². The van der Waals surface area contributed by atoms with Gasteiger partial charge in [0.05, 0.1) is 6.04 Å². The minimum absolute atomic E-state index is 0.399. The van der Waals surface area contributed by atoms with Crippen molar-refractivity contribution in [3.63, 3.8) is 0 Å². The molecule has 8 heteroatoms. The molecule has 18 heavy (non-hydrogen) atoms. The van der Waals surface area contributed by atoms with Gasteiger partial charge in [-0.1, -0.05) is 0 Å². The summed E-state index contributed by atoms with van der Waals surface area (Å²) in [5, 5.41) is -0.883. The van der Waals surface area contributed by atoms with Gasteiger partial charge in [0.2, 0.25) is 0 Å². The second-order valence-electron chi connectivity index (χ2n) is 3.45. The monoisotopic (exact) mass is 274 g/mol. The van der Waals surface area contributed by atoms with Crippen molar-refractivity contribution in [2.75, 3.05) is 0 Å². The highest BCUT2D eigenvalue weighted by Crippen LogP contribution is 2.35. The second-order valence-corrected chi connectivity index (χ2v) is 4.51. The van der Waals surface area contributed by atoms with Crippen molar-refractivity contribution in [3.8, 4) is 0 Å². The van der Waals surface area contributed by atoms with Gasteiger partial charge in [0.1, 0.15) is 0 Å². The van der Waals surface area contributed by atoms with Gasteiger partial charge in [-0.05, 0) is 17.7 Å². The van der Waals surface area contributed by atoms with E-state index >= 15 is 0 Å². The van der Waals surface area contributed by atoms with Gasteiger partial charge in [-0.25, -0.2) is 10.4 Å². The fourth-order valence-electron chi connectivity index (χ4n) is 1.45. The quantitative estimate of drug-likeness (QED) is 0.664. The Balaban J connectivity index is 2.32. The maximum absolute atomic E-state index is 12.5. The molecular formula is C10H9F3N4S. The molecule has 0 bridgehead atoms. The fourth-order valence-corrected chi connectivity index (χ4v) is 2.32. The summed E-state index contributed by atoms with van der Waals surface area (Å²) >= 11 is 0.568. The third kappa shape index (κ3) is 2.66. The molecule has 4 nitrogen and oxygen atoms in total. The van der Waals surface area contributed by atoms with E-state index in [1.54, 1.807) is 24.5 Å². The number of nitrogens with one attached hydrogen (secondary N) is 1. The molecule has 1 unspecified atom stereocenters. The molecule has 1 atom stereocenters. The minimum atomic E-state index is -4.43. The summed E-state index contributed by atoms with van der Waals surface area (Å²) in [7, 11) is 0. The normalized spacial score (nSPS) is 13.6. The van der Waals surface area contributed by atoms with E-state index in [1.807, 2.05) is 0 Å². The van der Waals surface area contributed by atoms with E-state index in [1.165, 1.54) is 6.20 Å². The SMILES string of the molecule is NNC(c1ccncc1)c1cnc(C(F)(F)F)s1. The van der Waals surface area contributed by atoms with Crippen LogP contribution in [0.15, 0.2) is 30.7 Å². The lowest BCUT2D eigenvalue weighted by molar-refractivity contribution is -0.137. The maximum atomic E-state index is 12.5. The van der Waals surface area contributed by atoms with Crippen LogP contribution in [-0.2, 0) is 6.18 Å². The van der Waals surface area contributed by atoms with Crippen molar-refractivity contribution in [2.24, 2.45) is 5.84 Å². The molecule has 0 fully saturated rings. The lowest BCUT2D eigenvalue weighted by Crippen LogP contribution is -2.28. The molecule has 2 heterocycles. The Hall–Kier alpha value is -1.51. The maximum Gasteiger partial charge on any atom is 0.443 e. The summed E-state index contributed by atoms with van der Waals surface area (Å²) in [5.41, 5.74) is 3.20. The molecule has 2 rings (SSSR count). The molecular weight excluding hydrogens is 265 g/mol. The number of hydrogen-bond acceptors (Lipinski definition) is 5. The predicted octanol–water partition coefficient (Wildman–Crippen LogP) is 2.11. The Labute approximate surface area is 105 Å². The van der Waals surface area contributed by atoms with E-state index < -0.39 is 17.2 Å². The van der Waals surface area contributed by atoms with Crippen LogP contribution in [0.5, 0.6) is 0 Å². The Bertz CT molecular complexity index is 511. The Morgan fingerprint density at radius 1 is 1.28 bits per heavy atom. The number of aromatic nitrogens is 2. The standard InChI is InChI=1S/C10H9F3N4S/c11-10(12,13)9-16-5-7(18-9)8(17-14)6-1-3-15-4-2-6/h1-5,8,17H,14H2. The van der Waals surface area contributed by atoms with Crippen LogP contribution < -0.4 is 11.3 Å². The van der Waals surface area contributed by atoms with E-state index in [2.05, 4.69) is 15.4 Å². The molecule has 0 spiro atoms.